The number of carbonyl (C=O) groups is 1. The van der Waals surface area contributed by atoms with Gasteiger partial charge in [-0.15, -0.1) is 0 Å². The molecule has 198 valence electrons. The van der Waals surface area contributed by atoms with E-state index in [-0.39, 0.29) is 30.3 Å². The number of carbonyl (C=O) groups excluding carboxylic acids is 1. The fourth-order valence-corrected chi connectivity index (χ4v) is 5.55. The zero-order valence-corrected chi connectivity index (χ0v) is 23.3. The third-order valence-corrected chi connectivity index (χ3v) is 7.46. The Morgan fingerprint density at radius 2 is 1.90 bits per heavy atom. The van der Waals surface area contributed by atoms with Crippen LogP contribution in [-0.4, -0.2) is 33.9 Å². The van der Waals surface area contributed by atoms with Crippen molar-refractivity contribution in [3.8, 4) is 5.75 Å². The topological polar surface area (TPSA) is 73.0 Å². The van der Waals surface area contributed by atoms with Crippen molar-refractivity contribution in [3.05, 3.63) is 111 Å². The van der Waals surface area contributed by atoms with E-state index >= 15 is 0 Å². The van der Waals surface area contributed by atoms with E-state index in [0.717, 1.165) is 20.9 Å². The molecule has 1 aromatic heterocycles. The van der Waals surface area contributed by atoms with E-state index in [0.29, 0.717) is 22.2 Å². The summed E-state index contributed by atoms with van der Waals surface area (Å²) < 4.78 is 27.8. The molecule has 3 aromatic carbocycles. The lowest BCUT2D eigenvalue weighted by Gasteiger charge is -2.09. The van der Waals surface area contributed by atoms with Gasteiger partial charge >= 0.3 is 5.97 Å². The van der Waals surface area contributed by atoms with Crippen LogP contribution in [0.25, 0.3) is 17.0 Å². The smallest absolute Gasteiger partial charge is 0.344 e. The second kappa shape index (κ2) is 11.9. The van der Waals surface area contributed by atoms with Crippen LogP contribution >= 0.6 is 27.7 Å². The van der Waals surface area contributed by atoms with Gasteiger partial charge in [0.05, 0.1) is 23.7 Å². The molecule has 6 nitrogen and oxygen atoms in total. The number of nitrogens with zero attached hydrogens (tertiary/aromatic N) is 2. The molecule has 1 N–H and O–H groups in total. The second-order valence-electron chi connectivity index (χ2n) is 8.53. The maximum Gasteiger partial charge on any atom is 0.344 e. The molecular weight excluding hydrogens is 583 g/mol. The van der Waals surface area contributed by atoms with Crippen LogP contribution in [0.15, 0.2) is 105 Å². The number of thioether (sulfide) groups is 1. The van der Waals surface area contributed by atoms with Gasteiger partial charge in [-0.3, -0.25) is 0 Å². The summed E-state index contributed by atoms with van der Waals surface area (Å²) in [6.45, 7) is 2.62. The number of aliphatic imine (C=N–C) groups is 1. The number of esters is 1. The summed E-state index contributed by atoms with van der Waals surface area (Å²) in [6, 6.07) is 21.4. The first kappa shape index (κ1) is 26.8. The molecule has 0 saturated heterocycles. The molecule has 4 aromatic rings. The number of aromatic nitrogens is 1. The van der Waals surface area contributed by atoms with Crippen molar-refractivity contribution in [2.75, 3.05) is 13.2 Å². The Morgan fingerprint density at radius 1 is 1.13 bits per heavy atom. The van der Waals surface area contributed by atoms with Gasteiger partial charge in [-0.1, -0.05) is 58.0 Å². The predicted molar refractivity (Wildman–Crippen MR) is 157 cm³/mol. The molecule has 0 fully saturated rings. The summed E-state index contributed by atoms with van der Waals surface area (Å²) in [5, 5.41) is 12.4. The molecule has 0 bridgehead atoms. The first-order valence-corrected chi connectivity index (χ1v) is 13.9. The van der Waals surface area contributed by atoms with Crippen LogP contribution in [0.4, 0.5) is 10.1 Å². The molecule has 2 heterocycles. The molecule has 0 amide bonds. The zero-order valence-electron chi connectivity index (χ0n) is 20.9. The number of halogens is 2. The third kappa shape index (κ3) is 5.94. The van der Waals surface area contributed by atoms with Crippen molar-refractivity contribution in [2.24, 2.45) is 4.99 Å². The van der Waals surface area contributed by atoms with Crippen molar-refractivity contribution in [1.82, 2.24) is 4.57 Å². The SMILES string of the molecule is CCOC(=O)C1=C(O)/C(=C/c2cn(CCOc3ccccc3F)c3ccc(Br)cc23)SC1=Nc1ccccc1. The van der Waals surface area contributed by atoms with Crippen molar-refractivity contribution in [1.29, 1.82) is 0 Å². The van der Waals surface area contributed by atoms with E-state index in [2.05, 4.69) is 20.9 Å². The van der Waals surface area contributed by atoms with Gasteiger partial charge in [-0.05, 0) is 55.5 Å². The standard InChI is InChI=1S/C30H24BrFN2O4S/c1-2-37-30(36)27-28(35)26(39-29(27)33-21-8-4-3-5-9-21)16-19-18-34(24-13-12-20(31)17-22(19)24)14-15-38-25-11-7-6-10-23(25)32/h3-13,16-18,35H,2,14-15H2,1H3/b26-16-,33-29?. The molecule has 1 aliphatic rings. The monoisotopic (exact) mass is 606 g/mol. The van der Waals surface area contributed by atoms with Gasteiger partial charge in [-0.25, -0.2) is 14.2 Å². The van der Waals surface area contributed by atoms with E-state index in [4.69, 9.17) is 9.47 Å². The molecule has 39 heavy (non-hydrogen) atoms. The highest BCUT2D eigenvalue weighted by Gasteiger charge is 2.33. The first-order chi connectivity index (χ1) is 18.9. The van der Waals surface area contributed by atoms with Crippen LogP contribution in [0, 0.1) is 5.82 Å². The van der Waals surface area contributed by atoms with Gasteiger partial charge in [0.1, 0.15) is 23.0 Å². The highest BCUT2D eigenvalue weighted by atomic mass is 79.9. The van der Waals surface area contributed by atoms with Crippen LogP contribution < -0.4 is 4.74 Å². The van der Waals surface area contributed by atoms with Crippen molar-refractivity contribution < 1.29 is 23.8 Å². The molecule has 9 heteroatoms. The van der Waals surface area contributed by atoms with Gasteiger partial charge in [0.2, 0.25) is 0 Å². The molecule has 0 spiro atoms. The second-order valence-corrected chi connectivity index (χ2v) is 10.5. The maximum atomic E-state index is 14.0. The largest absolute Gasteiger partial charge is 0.506 e. The van der Waals surface area contributed by atoms with Gasteiger partial charge < -0.3 is 19.1 Å². The number of fused-ring (bicyclic) bond motifs is 1. The van der Waals surface area contributed by atoms with Gasteiger partial charge in [0.25, 0.3) is 0 Å². The number of rotatable bonds is 8. The Kier molecular flexibility index (Phi) is 8.18. The summed E-state index contributed by atoms with van der Waals surface area (Å²) in [6.07, 6.45) is 3.77. The van der Waals surface area contributed by atoms with Crippen LogP contribution in [0.1, 0.15) is 12.5 Å². The lowest BCUT2D eigenvalue weighted by Crippen LogP contribution is -2.12. The molecule has 1 aliphatic heterocycles. The number of aliphatic hydroxyl groups is 1. The average molecular weight is 608 g/mol. The Bertz CT molecular complexity index is 1630. The van der Waals surface area contributed by atoms with E-state index in [1.807, 2.05) is 65.4 Å². The number of aliphatic hydroxyl groups excluding tert-OH is 1. The van der Waals surface area contributed by atoms with E-state index in [9.17, 15) is 14.3 Å². The Morgan fingerprint density at radius 3 is 2.67 bits per heavy atom. The van der Waals surface area contributed by atoms with E-state index < -0.39 is 11.8 Å². The number of hydrogen-bond acceptors (Lipinski definition) is 6. The third-order valence-electron chi connectivity index (χ3n) is 5.94. The van der Waals surface area contributed by atoms with E-state index in [1.165, 1.54) is 17.8 Å². The Balaban J connectivity index is 1.50. The maximum absolute atomic E-state index is 14.0. The van der Waals surface area contributed by atoms with Crippen molar-refractivity contribution in [3.63, 3.8) is 0 Å². The number of ether oxygens (including phenoxy) is 2. The summed E-state index contributed by atoms with van der Waals surface area (Å²) in [5.41, 5.74) is 2.47. The summed E-state index contributed by atoms with van der Waals surface area (Å²) in [5.74, 6) is -1.01. The number of hydrogen-bond donors (Lipinski definition) is 1. The number of benzene rings is 3. The van der Waals surface area contributed by atoms with Crippen LogP contribution in [0.3, 0.4) is 0 Å². The van der Waals surface area contributed by atoms with Gasteiger partial charge in [0.15, 0.2) is 11.6 Å². The normalized spacial score (nSPS) is 15.5. The lowest BCUT2D eigenvalue weighted by molar-refractivity contribution is -0.138. The van der Waals surface area contributed by atoms with Crippen molar-refractivity contribution in [2.45, 2.75) is 13.5 Å². The summed E-state index contributed by atoms with van der Waals surface area (Å²) in [7, 11) is 0. The van der Waals surface area contributed by atoms with Gasteiger partial charge in [0, 0.05) is 27.1 Å². The molecule has 0 atom stereocenters. The predicted octanol–water partition coefficient (Wildman–Crippen LogP) is 7.82. The molecule has 5 rings (SSSR count). The molecular formula is C30H24BrFN2O4S. The zero-order chi connectivity index (χ0) is 27.4. The lowest BCUT2D eigenvalue weighted by atomic mass is 10.1. The minimum atomic E-state index is -0.629. The minimum absolute atomic E-state index is 0.0418. The summed E-state index contributed by atoms with van der Waals surface area (Å²) in [4.78, 5) is 17.8. The quantitative estimate of drug-likeness (QED) is 0.207. The average Bonchev–Trinajstić information content (AvgIpc) is 3.42. The Labute approximate surface area is 237 Å². The Hall–Kier alpha value is -3.82. The highest BCUT2D eigenvalue weighted by molar-refractivity contribution is 9.10. The molecule has 0 unspecified atom stereocenters. The highest BCUT2D eigenvalue weighted by Crippen LogP contribution is 2.41. The van der Waals surface area contributed by atoms with E-state index in [1.54, 1.807) is 25.1 Å². The summed E-state index contributed by atoms with van der Waals surface area (Å²) >= 11 is 4.75. The van der Waals surface area contributed by atoms with Crippen LogP contribution in [0.2, 0.25) is 0 Å². The molecule has 0 saturated carbocycles. The fraction of sp³-hybridized carbons (Fsp3) is 0.133. The molecule has 0 aliphatic carbocycles. The van der Waals surface area contributed by atoms with Gasteiger partial charge in [-0.2, -0.15) is 0 Å². The minimum Gasteiger partial charge on any atom is -0.506 e. The van der Waals surface area contributed by atoms with Crippen LogP contribution in [-0.2, 0) is 16.1 Å². The fourth-order valence-electron chi connectivity index (χ4n) is 4.17. The number of para-hydroxylation sites is 2. The first-order valence-electron chi connectivity index (χ1n) is 12.2. The molecule has 0 radical (unpaired) electrons. The van der Waals surface area contributed by atoms with Crippen LogP contribution in [0.5, 0.6) is 5.75 Å². The van der Waals surface area contributed by atoms with Crippen molar-refractivity contribution >= 4 is 61.4 Å².